The molecule has 0 bridgehead atoms. The van der Waals surface area contributed by atoms with Gasteiger partial charge >= 0.3 is 0 Å². The first-order valence-corrected chi connectivity index (χ1v) is 9.46. The van der Waals surface area contributed by atoms with Crippen LogP contribution in [0.5, 0.6) is 0 Å². The van der Waals surface area contributed by atoms with Crippen molar-refractivity contribution in [2.75, 3.05) is 17.7 Å². The van der Waals surface area contributed by atoms with Gasteiger partial charge in [0.1, 0.15) is 11.6 Å². The molecule has 1 heterocycles. The molecule has 0 aliphatic carbocycles. The molecule has 0 spiro atoms. The number of nitrogens with zero attached hydrogens (tertiary/aromatic N) is 2. The van der Waals surface area contributed by atoms with Crippen LogP contribution in [0.15, 0.2) is 52.4 Å². The van der Waals surface area contributed by atoms with Crippen LogP contribution in [-0.4, -0.2) is 32.9 Å². The second-order valence-corrected chi connectivity index (χ2v) is 6.85. The van der Waals surface area contributed by atoms with Crippen molar-refractivity contribution in [2.24, 2.45) is 0 Å². The Labute approximate surface area is 163 Å². The van der Waals surface area contributed by atoms with Gasteiger partial charge in [0.05, 0.1) is 22.3 Å². The predicted octanol–water partition coefficient (Wildman–Crippen LogP) is 2.79. The summed E-state index contributed by atoms with van der Waals surface area (Å²) < 4.78 is 28.0. The van der Waals surface area contributed by atoms with Gasteiger partial charge in [-0.25, -0.2) is 13.8 Å². The van der Waals surface area contributed by atoms with Crippen molar-refractivity contribution in [1.82, 2.24) is 9.55 Å². The van der Waals surface area contributed by atoms with E-state index >= 15 is 0 Å². The summed E-state index contributed by atoms with van der Waals surface area (Å²) in [6.45, 7) is 0.164. The normalized spacial score (nSPS) is 11.0. The summed E-state index contributed by atoms with van der Waals surface area (Å²) in [7, 11) is 0. The first kappa shape index (κ1) is 20.0. The van der Waals surface area contributed by atoms with Crippen molar-refractivity contribution in [3.63, 3.8) is 0 Å². The lowest BCUT2D eigenvalue weighted by molar-refractivity contribution is -0.113. The van der Waals surface area contributed by atoms with Crippen molar-refractivity contribution in [3.05, 3.63) is 64.5 Å². The fourth-order valence-electron chi connectivity index (χ4n) is 2.59. The Bertz CT molecular complexity index is 1070. The highest BCUT2D eigenvalue weighted by Gasteiger charge is 2.14. The zero-order valence-electron chi connectivity index (χ0n) is 14.7. The number of aromatic nitrogens is 2. The van der Waals surface area contributed by atoms with E-state index in [2.05, 4.69) is 10.3 Å². The largest absolute Gasteiger partial charge is 0.396 e. The number of amides is 1. The third kappa shape index (κ3) is 4.55. The van der Waals surface area contributed by atoms with E-state index < -0.39 is 17.5 Å². The summed E-state index contributed by atoms with van der Waals surface area (Å²) in [4.78, 5) is 29.3. The van der Waals surface area contributed by atoms with Gasteiger partial charge < -0.3 is 10.4 Å². The second kappa shape index (κ2) is 8.94. The van der Waals surface area contributed by atoms with Crippen LogP contribution >= 0.6 is 11.8 Å². The van der Waals surface area contributed by atoms with Crippen LogP contribution in [0.2, 0.25) is 0 Å². The third-order valence-electron chi connectivity index (χ3n) is 3.90. The fraction of sp³-hybridized carbons (Fsp3) is 0.211. The highest BCUT2D eigenvalue weighted by atomic mass is 32.2. The van der Waals surface area contributed by atoms with Gasteiger partial charge in [0.2, 0.25) is 5.91 Å². The molecule has 28 heavy (non-hydrogen) atoms. The Morgan fingerprint density at radius 2 is 2.00 bits per heavy atom. The number of thioether (sulfide) groups is 1. The van der Waals surface area contributed by atoms with Crippen molar-refractivity contribution in [2.45, 2.75) is 18.1 Å². The number of anilines is 1. The number of aliphatic hydroxyl groups is 1. The number of hydrogen-bond acceptors (Lipinski definition) is 5. The maximum Gasteiger partial charge on any atom is 0.262 e. The van der Waals surface area contributed by atoms with Gasteiger partial charge in [-0.3, -0.25) is 14.2 Å². The zero-order valence-corrected chi connectivity index (χ0v) is 15.5. The van der Waals surface area contributed by atoms with Crippen LogP contribution in [0.25, 0.3) is 10.9 Å². The van der Waals surface area contributed by atoms with Crippen LogP contribution in [0.3, 0.4) is 0 Å². The number of benzene rings is 2. The van der Waals surface area contributed by atoms with Gasteiger partial charge in [-0.05, 0) is 30.7 Å². The van der Waals surface area contributed by atoms with Crippen LogP contribution in [0, 0.1) is 11.6 Å². The lowest BCUT2D eigenvalue weighted by atomic mass is 10.2. The van der Waals surface area contributed by atoms with Crippen LogP contribution in [-0.2, 0) is 11.3 Å². The third-order valence-corrected chi connectivity index (χ3v) is 4.88. The maximum absolute atomic E-state index is 13.7. The van der Waals surface area contributed by atoms with Crippen molar-refractivity contribution in [1.29, 1.82) is 0 Å². The molecule has 0 atom stereocenters. The number of halogens is 2. The molecule has 0 aliphatic heterocycles. The minimum absolute atomic E-state index is 0.0896. The van der Waals surface area contributed by atoms with Crippen molar-refractivity contribution < 1.29 is 18.7 Å². The summed E-state index contributed by atoms with van der Waals surface area (Å²) in [6.07, 6.45) is 0.362. The van der Waals surface area contributed by atoms with Gasteiger partial charge in [-0.2, -0.15) is 0 Å². The number of para-hydroxylation sites is 1. The smallest absolute Gasteiger partial charge is 0.262 e. The molecule has 0 fully saturated rings. The maximum atomic E-state index is 13.7. The van der Waals surface area contributed by atoms with Gasteiger partial charge in [0.15, 0.2) is 5.16 Å². The van der Waals surface area contributed by atoms with Crippen molar-refractivity contribution in [3.8, 4) is 0 Å². The van der Waals surface area contributed by atoms with Crippen LogP contribution in [0.1, 0.15) is 6.42 Å². The number of aliphatic hydroxyl groups excluding tert-OH is 1. The molecule has 3 rings (SSSR count). The molecule has 3 aromatic rings. The standard InChI is InChI=1S/C19H17F2N3O3S/c20-12-6-7-16(14(21)10-12)22-17(26)11-28-19-23-15-5-2-1-4-13(15)18(27)24(19)8-3-9-25/h1-2,4-7,10,25H,3,8-9,11H2,(H,22,26). The highest BCUT2D eigenvalue weighted by Crippen LogP contribution is 2.20. The molecular weight excluding hydrogens is 388 g/mol. The van der Waals surface area contributed by atoms with Gasteiger partial charge in [-0.1, -0.05) is 23.9 Å². The lowest BCUT2D eigenvalue weighted by Gasteiger charge is -2.12. The van der Waals surface area contributed by atoms with Gasteiger partial charge in [-0.15, -0.1) is 0 Å². The quantitative estimate of drug-likeness (QED) is 0.467. The highest BCUT2D eigenvalue weighted by molar-refractivity contribution is 7.99. The Morgan fingerprint density at radius 1 is 1.21 bits per heavy atom. The number of hydrogen-bond donors (Lipinski definition) is 2. The number of nitrogens with one attached hydrogen (secondary N) is 1. The molecule has 0 unspecified atom stereocenters. The molecule has 2 aromatic carbocycles. The van der Waals surface area contributed by atoms with E-state index in [4.69, 9.17) is 5.11 Å². The average molecular weight is 405 g/mol. The zero-order chi connectivity index (χ0) is 20.1. The summed E-state index contributed by atoms with van der Waals surface area (Å²) in [5, 5.41) is 12.2. The molecule has 9 heteroatoms. The molecule has 0 saturated heterocycles. The first-order valence-electron chi connectivity index (χ1n) is 8.47. The Balaban J connectivity index is 1.80. The molecule has 1 amide bonds. The predicted molar refractivity (Wildman–Crippen MR) is 103 cm³/mol. The fourth-order valence-corrected chi connectivity index (χ4v) is 3.42. The van der Waals surface area contributed by atoms with E-state index in [0.29, 0.717) is 28.5 Å². The summed E-state index contributed by atoms with van der Waals surface area (Å²) in [5.74, 6) is -2.26. The van der Waals surface area contributed by atoms with E-state index in [1.165, 1.54) is 4.57 Å². The number of carbonyl (C=O) groups excluding carboxylic acids is 1. The van der Waals surface area contributed by atoms with E-state index in [-0.39, 0.29) is 30.2 Å². The molecule has 6 nitrogen and oxygen atoms in total. The molecule has 146 valence electrons. The summed E-state index contributed by atoms with van der Waals surface area (Å²) in [6, 6.07) is 9.72. The molecule has 0 aliphatic rings. The molecular formula is C19H17F2N3O3S. The topological polar surface area (TPSA) is 84.2 Å². The van der Waals surface area contributed by atoms with E-state index in [1.54, 1.807) is 24.3 Å². The van der Waals surface area contributed by atoms with Crippen LogP contribution in [0.4, 0.5) is 14.5 Å². The summed E-state index contributed by atoms with van der Waals surface area (Å²) >= 11 is 1.02. The number of fused-ring (bicyclic) bond motifs is 1. The molecule has 2 N–H and O–H groups in total. The van der Waals surface area contributed by atoms with E-state index in [1.807, 2.05) is 0 Å². The molecule has 0 radical (unpaired) electrons. The van der Waals surface area contributed by atoms with Gasteiger partial charge in [0.25, 0.3) is 5.56 Å². The summed E-state index contributed by atoms with van der Waals surface area (Å²) in [5.41, 5.74) is 0.114. The van der Waals surface area contributed by atoms with Crippen LogP contribution < -0.4 is 10.9 Å². The van der Waals surface area contributed by atoms with E-state index in [0.717, 1.165) is 23.9 Å². The Kier molecular flexibility index (Phi) is 6.37. The number of rotatable bonds is 7. The lowest BCUT2D eigenvalue weighted by Crippen LogP contribution is -2.25. The second-order valence-electron chi connectivity index (χ2n) is 5.91. The molecule has 1 aromatic heterocycles. The van der Waals surface area contributed by atoms with E-state index in [9.17, 15) is 18.4 Å². The molecule has 0 saturated carbocycles. The average Bonchev–Trinajstić information content (AvgIpc) is 2.68. The Hall–Kier alpha value is -2.78. The first-order chi connectivity index (χ1) is 13.5. The minimum atomic E-state index is -0.873. The van der Waals surface area contributed by atoms with Crippen molar-refractivity contribution >= 4 is 34.3 Å². The number of carbonyl (C=O) groups is 1. The van der Waals surface area contributed by atoms with Gasteiger partial charge in [0, 0.05) is 19.2 Å². The monoisotopic (exact) mass is 405 g/mol. The Morgan fingerprint density at radius 3 is 2.75 bits per heavy atom. The minimum Gasteiger partial charge on any atom is -0.396 e. The SMILES string of the molecule is O=C(CSc1nc2ccccc2c(=O)n1CCCO)Nc1ccc(F)cc1F.